The molecular formula is C24H21N3O5. The maximum atomic E-state index is 13.3. The van der Waals surface area contributed by atoms with E-state index in [1.807, 2.05) is 18.2 Å². The van der Waals surface area contributed by atoms with Crippen molar-refractivity contribution in [3.05, 3.63) is 71.3 Å². The third-order valence-electron chi connectivity index (χ3n) is 5.78. The van der Waals surface area contributed by atoms with Crippen LogP contribution in [0, 0.1) is 0 Å². The highest BCUT2D eigenvalue weighted by Crippen LogP contribution is 2.36. The first-order valence-corrected chi connectivity index (χ1v) is 10.3. The second kappa shape index (κ2) is 7.97. The molecule has 0 radical (unpaired) electrons. The Bertz CT molecular complexity index is 1210. The zero-order valence-corrected chi connectivity index (χ0v) is 17.5. The van der Waals surface area contributed by atoms with Gasteiger partial charge in [-0.15, -0.1) is 0 Å². The molecule has 1 saturated heterocycles. The summed E-state index contributed by atoms with van der Waals surface area (Å²) < 4.78 is 10.2. The van der Waals surface area contributed by atoms with E-state index in [4.69, 9.17) is 9.47 Å². The van der Waals surface area contributed by atoms with Crippen LogP contribution in [0.1, 0.15) is 31.1 Å². The number of carbonyl (C=O) groups is 3. The van der Waals surface area contributed by atoms with Crippen LogP contribution in [0.3, 0.4) is 0 Å². The Balaban J connectivity index is 1.50. The summed E-state index contributed by atoms with van der Waals surface area (Å²) in [4.78, 5) is 40.4. The average Bonchev–Trinajstić information content (AvgIpc) is 2.85. The number of hydrogen-bond donors (Lipinski definition) is 1. The van der Waals surface area contributed by atoms with Crippen LogP contribution in [-0.2, 0) is 9.47 Å². The Kier molecular flexibility index (Phi) is 4.99. The predicted octanol–water partition coefficient (Wildman–Crippen LogP) is 3.09. The van der Waals surface area contributed by atoms with Crippen molar-refractivity contribution in [3.63, 3.8) is 0 Å². The van der Waals surface area contributed by atoms with Gasteiger partial charge in [0.2, 0.25) is 0 Å². The van der Waals surface area contributed by atoms with Crippen LogP contribution in [0.5, 0.6) is 0 Å². The largest absolute Gasteiger partial charge is 0.465 e. The first-order chi connectivity index (χ1) is 15.6. The molecule has 2 aliphatic heterocycles. The minimum Gasteiger partial charge on any atom is -0.465 e. The number of hydrazine groups is 1. The Morgan fingerprint density at radius 2 is 1.62 bits per heavy atom. The molecule has 3 aromatic carbocycles. The lowest BCUT2D eigenvalue weighted by Crippen LogP contribution is -2.44. The molecule has 0 aliphatic carbocycles. The number of imide groups is 1. The maximum Gasteiger partial charge on any atom is 0.337 e. The van der Waals surface area contributed by atoms with Crippen LogP contribution in [0.15, 0.2) is 54.6 Å². The molecule has 5 rings (SSSR count). The van der Waals surface area contributed by atoms with Gasteiger partial charge in [-0.1, -0.05) is 12.1 Å². The van der Waals surface area contributed by atoms with Crippen molar-refractivity contribution in [1.82, 2.24) is 5.01 Å². The third kappa shape index (κ3) is 3.25. The molecule has 0 atom stereocenters. The zero-order valence-electron chi connectivity index (χ0n) is 17.5. The quantitative estimate of drug-likeness (QED) is 0.502. The molecule has 162 valence electrons. The van der Waals surface area contributed by atoms with Crippen molar-refractivity contribution in [1.29, 1.82) is 0 Å². The van der Waals surface area contributed by atoms with E-state index in [0.29, 0.717) is 41.0 Å². The maximum absolute atomic E-state index is 13.3. The minimum atomic E-state index is -0.460. The van der Waals surface area contributed by atoms with Crippen molar-refractivity contribution < 1.29 is 23.9 Å². The number of esters is 1. The Hall–Kier alpha value is -3.91. The second-order valence-electron chi connectivity index (χ2n) is 7.59. The van der Waals surface area contributed by atoms with Crippen molar-refractivity contribution in [2.24, 2.45) is 0 Å². The van der Waals surface area contributed by atoms with E-state index < -0.39 is 17.8 Å². The van der Waals surface area contributed by atoms with Gasteiger partial charge in [-0.2, -0.15) is 5.01 Å². The molecule has 1 fully saturated rings. The van der Waals surface area contributed by atoms with Crippen LogP contribution < -0.4 is 10.3 Å². The molecule has 0 bridgehead atoms. The van der Waals surface area contributed by atoms with Gasteiger partial charge in [0, 0.05) is 29.5 Å². The molecule has 2 aliphatic rings. The molecule has 0 spiro atoms. The molecule has 2 heterocycles. The van der Waals surface area contributed by atoms with E-state index in [-0.39, 0.29) is 0 Å². The van der Waals surface area contributed by atoms with Gasteiger partial charge in [0.15, 0.2) is 0 Å². The summed E-state index contributed by atoms with van der Waals surface area (Å²) in [6, 6.07) is 15.6. The monoisotopic (exact) mass is 431 g/mol. The second-order valence-corrected chi connectivity index (χ2v) is 7.59. The Morgan fingerprint density at radius 3 is 2.31 bits per heavy atom. The van der Waals surface area contributed by atoms with Gasteiger partial charge in [0.1, 0.15) is 0 Å². The summed E-state index contributed by atoms with van der Waals surface area (Å²) in [7, 11) is 1.31. The first-order valence-electron chi connectivity index (χ1n) is 10.3. The first kappa shape index (κ1) is 20.0. The summed E-state index contributed by atoms with van der Waals surface area (Å²) in [6.45, 7) is 2.81. The zero-order chi connectivity index (χ0) is 22.2. The van der Waals surface area contributed by atoms with Crippen LogP contribution in [0.2, 0.25) is 0 Å². The van der Waals surface area contributed by atoms with Crippen molar-refractivity contribution in [2.75, 3.05) is 43.7 Å². The number of methoxy groups -OCH3 is 1. The van der Waals surface area contributed by atoms with Crippen LogP contribution in [0.25, 0.3) is 10.8 Å². The molecule has 2 amide bonds. The number of morpholine rings is 1. The molecule has 1 N–H and O–H groups in total. The number of amides is 2. The molecule has 0 saturated carbocycles. The van der Waals surface area contributed by atoms with E-state index in [9.17, 15) is 14.4 Å². The third-order valence-corrected chi connectivity index (χ3v) is 5.78. The van der Waals surface area contributed by atoms with Gasteiger partial charge in [0.25, 0.3) is 11.8 Å². The fraction of sp³-hybridized carbons (Fsp3) is 0.208. The lowest BCUT2D eigenvalue weighted by atomic mass is 9.93. The van der Waals surface area contributed by atoms with E-state index >= 15 is 0 Å². The topological polar surface area (TPSA) is 88.2 Å². The average molecular weight is 431 g/mol. The van der Waals surface area contributed by atoms with E-state index in [1.165, 1.54) is 7.11 Å². The van der Waals surface area contributed by atoms with Gasteiger partial charge >= 0.3 is 5.97 Å². The molecule has 3 aromatic rings. The van der Waals surface area contributed by atoms with E-state index in [2.05, 4.69) is 10.3 Å². The lowest BCUT2D eigenvalue weighted by molar-refractivity contribution is 0.0597. The van der Waals surface area contributed by atoms with E-state index in [0.717, 1.165) is 29.2 Å². The number of ether oxygens (including phenoxy) is 2. The summed E-state index contributed by atoms with van der Waals surface area (Å²) in [5.41, 5.74) is 5.68. The SMILES string of the molecule is COC(=O)c1ccc(NN2C(=O)c3cccc4c(N5CCOCC5)ccc(c34)C2=O)cc1. The van der Waals surface area contributed by atoms with Gasteiger partial charge in [-0.05, 0) is 42.5 Å². The summed E-state index contributed by atoms with van der Waals surface area (Å²) in [5.74, 6) is -1.31. The Labute approximate surface area is 184 Å². The number of nitrogens with one attached hydrogen (secondary N) is 1. The number of carbonyl (C=O) groups excluding carboxylic acids is 3. The number of rotatable bonds is 4. The molecule has 0 aromatic heterocycles. The lowest BCUT2D eigenvalue weighted by Gasteiger charge is -2.32. The standard InChI is InChI=1S/C24H21N3O5/c1-31-24(30)15-5-7-16(8-6-15)25-27-22(28)18-4-2-3-17-20(26-11-13-32-14-12-26)10-9-19(21(17)18)23(27)29/h2-10,25H,11-14H2,1H3. The highest BCUT2D eigenvalue weighted by atomic mass is 16.5. The molecule has 32 heavy (non-hydrogen) atoms. The number of nitrogens with zero attached hydrogens (tertiary/aromatic N) is 2. The van der Waals surface area contributed by atoms with Gasteiger partial charge in [0.05, 0.1) is 42.7 Å². The minimum absolute atomic E-state index is 0.375. The fourth-order valence-electron chi connectivity index (χ4n) is 4.19. The fourth-order valence-corrected chi connectivity index (χ4v) is 4.19. The summed E-state index contributed by atoms with van der Waals surface area (Å²) in [5, 5.41) is 2.56. The molecule has 0 unspecified atom stereocenters. The van der Waals surface area contributed by atoms with Crippen LogP contribution >= 0.6 is 0 Å². The molecular weight excluding hydrogens is 410 g/mol. The summed E-state index contributed by atoms with van der Waals surface area (Å²) >= 11 is 0. The molecule has 8 nitrogen and oxygen atoms in total. The van der Waals surface area contributed by atoms with Gasteiger partial charge in [-0.3, -0.25) is 15.0 Å². The van der Waals surface area contributed by atoms with Crippen LogP contribution in [0.4, 0.5) is 11.4 Å². The van der Waals surface area contributed by atoms with Gasteiger partial charge < -0.3 is 14.4 Å². The molecule has 8 heteroatoms. The predicted molar refractivity (Wildman–Crippen MR) is 119 cm³/mol. The van der Waals surface area contributed by atoms with E-state index in [1.54, 1.807) is 36.4 Å². The number of anilines is 2. The van der Waals surface area contributed by atoms with Gasteiger partial charge in [-0.25, -0.2) is 4.79 Å². The van der Waals surface area contributed by atoms with Crippen molar-refractivity contribution >= 4 is 39.9 Å². The highest BCUT2D eigenvalue weighted by molar-refractivity contribution is 6.27. The summed E-state index contributed by atoms with van der Waals surface area (Å²) in [6.07, 6.45) is 0. The Morgan fingerprint density at radius 1 is 0.938 bits per heavy atom. The highest BCUT2D eigenvalue weighted by Gasteiger charge is 2.34. The number of benzene rings is 3. The van der Waals surface area contributed by atoms with Crippen molar-refractivity contribution in [2.45, 2.75) is 0 Å². The van der Waals surface area contributed by atoms with Crippen molar-refractivity contribution in [3.8, 4) is 0 Å². The number of hydrogen-bond acceptors (Lipinski definition) is 7. The smallest absolute Gasteiger partial charge is 0.337 e. The normalized spacial score (nSPS) is 15.8. The van der Waals surface area contributed by atoms with Crippen LogP contribution in [-0.4, -0.2) is 56.2 Å².